The number of halogens is 2. The van der Waals surface area contributed by atoms with Crippen molar-refractivity contribution < 1.29 is 28.6 Å². The molecule has 15 heteroatoms. The van der Waals surface area contributed by atoms with Gasteiger partial charge in [-0.05, 0) is 141 Å². The largest absolute Gasteiger partial charge is 0.444 e. The standard InChI is InChI=1S/C20H35BrN2O3Si.C14H21BrN2O3.2H2S/c1-19(2,3)26-18(24)23-16(15-11-9-13-17(21)22-15)12-10-14-25-27(7,8)20(4,5)6;1-14(2,3)20-13(19)17-11(7-5-9-18)10-6-4-8-12(15)16-10;;/h9,11,13,16H,10,12,14H2,1-8H3,(H,23,24);4,6,8,11,18H,5,7,9H2,1-3H3,(H,17,19);2*1H2/t16-;11-;;/m00../s1. The lowest BCUT2D eigenvalue weighted by molar-refractivity contribution is 0.0486. The maximum absolute atomic E-state index is 12.3. The molecule has 0 radical (unpaired) electrons. The van der Waals surface area contributed by atoms with Gasteiger partial charge in [0.15, 0.2) is 8.32 Å². The van der Waals surface area contributed by atoms with E-state index in [1.807, 2.05) is 77.9 Å². The molecule has 2 amide bonds. The van der Waals surface area contributed by atoms with E-state index in [1.54, 1.807) is 0 Å². The van der Waals surface area contributed by atoms with E-state index in [0.29, 0.717) is 24.1 Å². The number of aliphatic hydroxyl groups is 1. The van der Waals surface area contributed by atoms with Gasteiger partial charge in [-0.15, -0.1) is 0 Å². The fourth-order valence-electron chi connectivity index (χ4n) is 3.85. The van der Waals surface area contributed by atoms with Crippen LogP contribution in [0.25, 0.3) is 0 Å². The first kappa shape index (κ1) is 49.7. The maximum Gasteiger partial charge on any atom is 0.408 e. The Bertz CT molecular complexity index is 1270. The van der Waals surface area contributed by atoms with Crippen LogP contribution in [0, 0.1) is 0 Å². The number of pyridine rings is 2. The summed E-state index contributed by atoms with van der Waals surface area (Å²) < 4.78 is 18.4. The van der Waals surface area contributed by atoms with Crippen molar-refractivity contribution >= 4 is 79.4 Å². The molecule has 0 unspecified atom stereocenters. The van der Waals surface area contributed by atoms with E-state index in [-0.39, 0.29) is 50.7 Å². The minimum Gasteiger partial charge on any atom is -0.444 e. The van der Waals surface area contributed by atoms with Gasteiger partial charge in [-0.2, -0.15) is 27.0 Å². The van der Waals surface area contributed by atoms with Crippen LogP contribution in [0.15, 0.2) is 45.6 Å². The Morgan fingerprint density at radius 1 is 0.755 bits per heavy atom. The first-order chi connectivity index (χ1) is 21.5. The van der Waals surface area contributed by atoms with Crippen molar-refractivity contribution in [3.05, 3.63) is 57.0 Å². The van der Waals surface area contributed by atoms with Gasteiger partial charge in [0.25, 0.3) is 0 Å². The van der Waals surface area contributed by atoms with Crippen LogP contribution in [-0.2, 0) is 13.9 Å². The van der Waals surface area contributed by atoms with Crippen molar-refractivity contribution in [3.8, 4) is 0 Å². The summed E-state index contributed by atoms with van der Waals surface area (Å²) in [5.74, 6) is 0. The van der Waals surface area contributed by atoms with Gasteiger partial charge in [0.2, 0.25) is 0 Å². The van der Waals surface area contributed by atoms with Crippen LogP contribution in [-0.4, -0.2) is 60.0 Å². The van der Waals surface area contributed by atoms with E-state index in [4.69, 9.17) is 19.0 Å². The number of alkyl carbamates (subject to hydrolysis) is 2. The molecule has 0 spiro atoms. The molecule has 0 aromatic carbocycles. The molecule has 0 saturated heterocycles. The van der Waals surface area contributed by atoms with Crippen molar-refractivity contribution in [2.75, 3.05) is 13.2 Å². The Balaban J connectivity index is 0. The number of rotatable bonds is 12. The second kappa shape index (κ2) is 22.5. The number of carbonyl (C=O) groups excluding carboxylic acids is 2. The minimum atomic E-state index is -1.76. The summed E-state index contributed by atoms with van der Waals surface area (Å²) in [7, 11) is -1.76. The van der Waals surface area contributed by atoms with Gasteiger partial charge in [0, 0.05) is 13.2 Å². The zero-order chi connectivity index (χ0) is 36.1. The van der Waals surface area contributed by atoms with Crippen molar-refractivity contribution in [3.63, 3.8) is 0 Å². The molecule has 282 valence electrons. The zero-order valence-corrected chi connectivity index (χ0v) is 37.2. The van der Waals surface area contributed by atoms with Gasteiger partial charge in [-0.1, -0.05) is 32.9 Å². The van der Waals surface area contributed by atoms with Gasteiger partial charge in [-0.25, -0.2) is 19.6 Å². The van der Waals surface area contributed by atoms with E-state index >= 15 is 0 Å². The van der Waals surface area contributed by atoms with Gasteiger partial charge in [0.1, 0.15) is 20.4 Å². The van der Waals surface area contributed by atoms with E-state index in [2.05, 4.69) is 86.3 Å². The topological polar surface area (TPSA) is 132 Å². The van der Waals surface area contributed by atoms with Crippen LogP contribution in [0.4, 0.5) is 9.59 Å². The van der Waals surface area contributed by atoms with Crippen molar-refractivity contribution in [2.45, 2.75) is 129 Å². The van der Waals surface area contributed by atoms with Crippen LogP contribution in [0.2, 0.25) is 18.1 Å². The lowest BCUT2D eigenvalue weighted by Gasteiger charge is -2.36. The Kier molecular flexibility index (Phi) is 22.9. The summed E-state index contributed by atoms with van der Waals surface area (Å²) in [5.41, 5.74) is 0.461. The molecule has 0 aliphatic rings. The highest BCUT2D eigenvalue weighted by Crippen LogP contribution is 2.36. The molecule has 2 heterocycles. The first-order valence-electron chi connectivity index (χ1n) is 16.0. The molecule has 0 saturated carbocycles. The number of amides is 2. The zero-order valence-electron chi connectivity index (χ0n) is 31.0. The summed E-state index contributed by atoms with van der Waals surface area (Å²) >= 11 is 6.71. The van der Waals surface area contributed by atoms with Crippen molar-refractivity contribution in [1.82, 2.24) is 20.6 Å². The van der Waals surface area contributed by atoms with Crippen LogP contribution >= 0.6 is 58.9 Å². The monoisotopic (exact) mass is 870 g/mol. The second-order valence-electron chi connectivity index (χ2n) is 14.8. The maximum atomic E-state index is 12.3. The third-order valence-corrected chi connectivity index (χ3v) is 12.5. The number of nitrogens with one attached hydrogen (secondary N) is 2. The number of aromatic nitrogens is 2. The lowest BCUT2D eigenvalue weighted by atomic mass is 10.1. The Hall–Kier alpha value is -1.36. The Morgan fingerprint density at radius 2 is 1.14 bits per heavy atom. The van der Waals surface area contributed by atoms with Gasteiger partial charge in [0.05, 0.1) is 23.5 Å². The second-order valence-corrected chi connectivity index (χ2v) is 21.2. The van der Waals surface area contributed by atoms with E-state index in [9.17, 15) is 9.59 Å². The molecular weight excluding hydrogens is 812 g/mol. The molecule has 2 aromatic heterocycles. The summed E-state index contributed by atoms with van der Waals surface area (Å²) in [6, 6.07) is 10.7. The number of hydrogen-bond acceptors (Lipinski definition) is 8. The van der Waals surface area contributed by atoms with Crippen LogP contribution in [0.1, 0.15) is 111 Å². The number of hydrogen-bond donors (Lipinski definition) is 3. The normalized spacial score (nSPS) is 12.9. The number of ether oxygens (including phenoxy) is 2. The van der Waals surface area contributed by atoms with Crippen LogP contribution < -0.4 is 10.6 Å². The molecule has 0 aliphatic heterocycles. The molecule has 2 atom stereocenters. The predicted molar refractivity (Wildman–Crippen MR) is 218 cm³/mol. The third-order valence-electron chi connectivity index (χ3n) is 7.13. The highest BCUT2D eigenvalue weighted by molar-refractivity contribution is 9.10. The molecule has 0 bridgehead atoms. The van der Waals surface area contributed by atoms with E-state index in [0.717, 1.165) is 28.8 Å². The highest BCUT2D eigenvalue weighted by Gasteiger charge is 2.37. The molecule has 0 fully saturated rings. The molecular formula is C34H60Br2N4O6S2Si. The summed E-state index contributed by atoms with van der Waals surface area (Å²) in [6.45, 7) is 22.9. The Labute approximate surface area is 326 Å². The quantitative estimate of drug-likeness (QED) is 0.109. The molecule has 3 N–H and O–H groups in total. The molecule has 10 nitrogen and oxygen atoms in total. The first-order valence-corrected chi connectivity index (χ1v) is 20.5. The molecule has 49 heavy (non-hydrogen) atoms. The van der Waals surface area contributed by atoms with Crippen LogP contribution in [0.5, 0.6) is 0 Å². The number of nitrogens with zero attached hydrogens (tertiary/aromatic N) is 2. The third kappa shape index (κ3) is 21.6. The smallest absolute Gasteiger partial charge is 0.408 e. The molecule has 2 aromatic rings. The van der Waals surface area contributed by atoms with Gasteiger partial charge in [-0.3, -0.25) is 0 Å². The average molecular weight is 873 g/mol. The molecule has 2 rings (SSSR count). The summed E-state index contributed by atoms with van der Waals surface area (Å²) in [5, 5.41) is 14.9. The van der Waals surface area contributed by atoms with E-state index < -0.39 is 31.7 Å². The SMILES string of the molecule is CC(C)(C)OC(=O)N[C@@H](CCCO)c1cccc(Br)n1.CC(C)(C)OC(=O)N[C@@H](CCCO[Si](C)(C)C(C)(C)C)c1cccc(Br)n1.S.S. The van der Waals surface area contributed by atoms with E-state index in [1.165, 1.54) is 0 Å². The minimum absolute atomic E-state index is 0. The predicted octanol–water partition coefficient (Wildman–Crippen LogP) is 9.62. The average Bonchev–Trinajstić information content (AvgIpc) is 2.90. The number of carbonyl (C=O) groups is 2. The van der Waals surface area contributed by atoms with Crippen molar-refractivity contribution in [1.29, 1.82) is 0 Å². The summed E-state index contributed by atoms with van der Waals surface area (Å²) in [6.07, 6.45) is 1.83. The Morgan fingerprint density at radius 3 is 1.47 bits per heavy atom. The van der Waals surface area contributed by atoms with Crippen molar-refractivity contribution in [2.24, 2.45) is 0 Å². The fraction of sp³-hybridized carbons (Fsp3) is 0.647. The summed E-state index contributed by atoms with van der Waals surface area (Å²) in [4.78, 5) is 33.0. The van der Waals surface area contributed by atoms with Gasteiger partial charge >= 0.3 is 12.2 Å². The fourth-order valence-corrected chi connectivity index (χ4v) is 5.65. The highest BCUT2D eigenvalue weighted by atomic mass is 79.9. The van der Waals surface area contributed by atoms with Crippen LogP contribution in [0.3, 0.4) is 0 Å². The lowest BCUT2D eigenvalue weighted by Crippen LogP contribution is -2.41. The van der Waals surface area contributed by atoms with Gasteiger partial charge < -0.3 is 29.6 Å². The molecule has 0 aliphatic carbocycles. The number of aliphatic hydroxyl groups excluding tert-OH is 1.